The Morgan fingerprint density at radius 2 is 1.07 bits per heavy atom. The molecule has 0 fully saturated rings. The number of hydrogen-bond donors (Lipinski definition) is 2. The fourth-order valence-electron chi connectivity index (χ4n) is 5.34. The van der Waals surface area contributed by atoms with E-state index in [1.807, 2.05) is 60.7 Å². The minimum Gasteiger partial charge on any atom is -0.457 e. The Bertz CT molecular complexity index is 1780. The van der Waals surface area contributed by atoms with Crippen molar-refractivity contribution in [1.82, 2.24) is 0 Å². The van der Waals surface area contributed by atoms with Crippen molar-refractivity contribution in [2.24, 2.45) is 0 Å². The predicted octanol–water partition coefficient (Wildman–Crippen LogP) is 9.44. The van der Waals surface area contributed by atoms with Gasteiger partial charge in [-0.25, -0.2) is 0 Å². The molecule has 0 aliphatic carbocycles. The Kier molecular flexibility index (Phi) is 6.49. The molecule has 3 heteroatoms. The van der Waals surface area contributed by atoms with Crippen LogP contribution in [0.15, 0.2) is 133 Å². The molecule has 6 rings (SSSR count). The van der Waals surface area contributed by atoms with Gasteiger partial charge in [-0.3, -0.25) is 0 Å². The number of allylic oxidation sites excluding steroid dienone is 2. The first kappa shape index (κ1) is 25.3. The molecule has 1 heterocycles. The second-order valence-corrected chi connectivity index (χ2v) is 10.6. The van der Waals surface area contributed by atoms with Crippen LogP contribution in [0.5, 0.6) is 11.5 Å². The van der Waals surface area contributed by atoms with Gasteiger partial charge < -0.3 is 15.6 Å². The summed E-state index contributed by atoms with van der Waals surface area (Å²) in [5, 5.41) is 16.9. The second-order valence-electron chi connectivity index (χ2n) is 10.6. The predicted molar refractivity (Wildman–Crippen MR) is 165 cm³/mol. The van der Waals surface area contributed by atoms with Crippen molar-refractivity contribution >= 4 is 11.4 Å². The van der Waals surface area contributed by atoms with Crippen molar-refractivity contribution < 1.29 is 4.74 Å². The van der Waals surface area contributed by atoms with Gasteiger partial charge in [0, 0.05) is 16.5 Å². The molecule has 2 N–H and O–H groups in total. The molecule has 5 aromatic carbocycles. The van der Waals surface area contributed by atoms with E-state index in [-0.39, 0.29) is 5.41 Å². The smallest absolute Gasteiger partial charge is 0.131 e. The molecule has 0 saturated heterocycles. The van der Waals surface area contributed by atoms with Crippen LogP contribution >= 0.6 is 0 Å². The van der Waals surface area contributed by atoms with Crippen LogP contribution in [0.2, 0.25) is 0 Å². The monoisotopic (exact) mass is 518 g/mol. The molecule has 3 nitrogen and oxygen atoms in total. The number of nitrogens with one attached hydrogen (secondary N) is 2. The summed E-state index contributed by atoms with van der Waals surface area (Å²) in [6, 6.07) is 40.9. The molecule has 1 aliphatic rings. The summed E-state index contributed by atoms with van der Waals surface area (Å²) in [5.41, 5.74) is 9.01. The molecule has 0 radical (unpaired) electrons. The molecule has 194 valence electrons. The average Bonchev–Trinajstić information content (AvgIpc) is 3.00. The first-order valence-corrected chi connectivity index (χ1v) is 13.4. The lowest BCUT2D eigenvalue weighted by molar-refractivity contribution is 0.418. The van der Waals surface area contributed by atoms with Gasteiger partial charge in [-0.2, -0.15) is 0 Å². The summed E-state index contributed by atoms with van der Waals surface area (Å²) >= 11 is 0. The van der Waals surface area contributed by atoms with Crippen LogP contribution in [0.25, 0.3) is 22.3 Å². The minimum atomic E-state index is -0.170. The normalized spacial score (nSPS) is 13.2. The molecule has 0 bridgehead atoms. The first-order valence-electron chi connectivity index (χ1n) is 13.4. The van der Waals surface area contributed by atoms with Crippen LogP contribution < -0.4 is 4.74 Å². The van der Waals surface area contributed by atoms with Crippen molar-refractivity contribution in [3.63, 3.8) is 0 Å². The summed E-state index contributed by atoms with van der Waals surface area (Å²) in [7, 11) is 0. The third-order valence-electron chi connectivity index (χ3n) is 7.64. The molecular formula is C37H30N2O. The zero-order valence-corrected chi connectivity index (χ0v) is 22.6. The lowest BCUT2D eigenvalue weighted by atomic mass is 9.75. The summed E-state index contributed by atoms with van der Waals surface area (Å²) < 4.78 is 6.25. The maximum Gasteiger partial charge on any atom is 0.131 e. The highest BCUT2D eigenvalue weighted by atomic mass is 16.5. The number of benzene rings is 5. The lowest BCUT2D eigenvalue weighted by Gasteiger charge is -2.34. The van der Waals surface area contributed by atoms with E-state index in [1.165, 1.54) is 11.1 Å². The number of ether oxygens (including phenoxy) is 1. The van der Waals surface area contributed by atoms with E-state index in [4.69, 9.17) is 15.6 Å². The molecule has 0 aromatic heterocycles. The van der Waals surface area contributed by atoms with Crippen molar-refractivity contribution in [3.8, 4) is 33.8 Å². The summed E-state index contributed by atoms with van der Waals surface area (Å²) in [5.74, 6) is 1.83. The van der Waals surface area contributed by atoms with Gasteiger partial charge in [0.05, 0.1) is 11.4 Å². The van der Waals surface area contributed by atoms with Crippen molar-refractivity contribution in [1.29, 1.82) is 10.8 Å². The van der Waals surface area contributed by atoms with Crippen molar-refractivity contribution in [3.05, 3.63) is 156 Å². The van der Waals surface area contributed by atoms with E-state index in [0.717, 1.165) is 44.9 Å². The van der Waals surface area contributed by atoms with Crippen LogP contribution in [0, 0.1) is 10.8 Å². The Morgan fingerprint density at radius 3 is 1.82 bits per heavy atom. The van der Waals surface area contributed by atoms with Crippen LogP contribution in [0.3, 0.4) is 0 Å². The summed E-state index contributed by atoms with van der Waals surface area (Å²) in [4.78, 5) is 0. The van der Waals surface area contributed by atoms with Crippen LogP contribution in [-0.4, -0.2) is 11.4 Å². The largest absolute Gasteiger partial charge is 0.457 e. The van der Waals surface area contributed by atoms with E-state index in [2.05, 4.69) is 74.5 Å². The van der Waals surface area contributed by atoms with Gasteiger partial charge in [0.1, 0.15) is 11.5 Å². The number of hydrogen-bond acceptors (Lipinski definition) is 3. The quantitative estimate of drug-likeness (QED) is 0.216. The highest BCUT2D eigenvalue weighted by molar-refractivity contribution is 6.14. The van der Waals surface area contributed by atoms with Gasteiger partial charge in [0.15, 0.2) is 0 Å². The van der Waals surface area contributed by atoms with E-state index in [9.17, 15) is 0 Å². The van der Waals surface area contributed by atoms with E-state index >= 15 is 0 Å². The molecule has 0 atom stereocenters. The lowest BCUT2D eigenvalue weighted by Crippen LogP contribution is -2.24. The number of para-hydroxylation sites is 1. The summed E-state index contributed by atoms with van der Waals surface area (Å²) in [6.45, 7) is 4.51. The third-order valence-corrected chi connectivity index (χ3v) is 7.64. The summed E-state index contributed by atoms with van der Waals surface area (Å²) in [6.07, 6.45) is 3.38. The third kappa shape index (κ3) is 4.78. The minimum absolute atomic E-state index is 0.170. The first-order chi connectivity index (χ1) is 19.4. The van der Waals surface area contributed by atoms with Gasteiger partial charge in [0.25, 0.3) is 0 Å². The average molecular weight is 519 g/mol. The molecule has 0 saturated carbocycles. The van der Waals surface area contributed by atoms with Gasteiger partial charge in [-0.1, -0.05) is 105 Å². The maximum atomic E-state index is 8.60. The number of rotatable bonds is 6. The Labute approximate surface area is 235 Å². The molecule has 0 amide bonds. The van der Waals surface area contributed by atoms with Crippen LogP contribution in [0.1, 0.15) is 36.1 Å². The molecule has 0 unspecified atom stereocenters. The topological polar surface area (TPSA) is 56.9 Å². The van der Waals surface area contributed by atoms with Gasteiger partial charge >= 0.3 is 0 Å². The van der Waals surface area contributed by atoms with E-state index < -0.39 is 0 Å². The standard InChI is InChI=1S/C37H30N2O/c1-37(2)31-16-6-7-17-35(31)40-36-21-18-29(24-32(36)37)27-13-8-12-26(22-27)28-14-9-15-30(23-28)34(39)20-19-33(38)25-10-4-3-5-11-25/h3-24,38-39H,1-2H3/b20-19-,38-33?,39-34?. The fourth-order valence-corrected chi connectivity index (χ4v) is 5.34. The Balaban J connectivity index is 1.27. The molecule has 5 aromatic rings. The highest BCUT2D eigenvalue weighted by Gasteiger charge is 2.34. The Hall–Kier alpha value is -5.02. The van der Waals surface area contributed by atoms with Gasteiger partial charge in [-0.15, -0.1) is 0 Å². The zero-order valence-electron chi connectivity index (χ0n) is 22.6. The van der Waals surface area contributed by atoms with E-state index in [1.54, 1.807) is 12.2 Å². The van der Waals surface area contributed by atoms with Crippen molar-refractivity contribution in [2.75, 3.05) is 0 Å². The van der Waals surface area contributed by atoms with Gasteiger partial charge in [-0.05, 0) is 75.9 Å². The number of fused-ring (bicyclic) bond motifs is 2. The zero-order chi connectivity index (χ0) is 27.7. The molecule has 0 spiro atoms. The molecule has 40 heavy (non-hydrogen) atoms. The van der Waals surface area contributed by atoms with Crippen molar-refractivity contribution in [2.45, 2.75) is 19.3 Å². The second kappa shape index (κ2) is 10.3. The van der Waals surface area contributed by atoms with Gasteiger partial charge in [0.2, 0.25) is 0 Å². The SMILES string of the molecule is CC1(C)c2ccccc2Oc2ccc(-c3cccc(-c4cccc(C(=N)/C=C\C(=N)c5ccccc5)c4)c3)cc21. The van der Waals surface area contributed by atoms with Crippen LogP contribution in [0.4, 0.5) is 0 Å². The maximum absolute atomic E-state index is 8.60. The molecule has 1 aliphatic heterocycles. The Morgan fingerprint density at radius 1 is 0.525 bits per heavy atom. The highest BCUT2D eigenvalue weighted by Crippen LogP contribution is 2.48. The van der Waals surface area contributed by atoms with E-state index in [0.29, 0.717) is 11.4 Å². The molecular weight excluding hydrogens is 488 g/mol. The van der Waals surface area contributed by atoms with Crippen LogP contribution in [-0.2, 0) is 5.41 Å². The fraction of sp³-hybridized carbons (Fsp3) is 0.0811.